The number of nitrogens with zero attached hydrogens (tertiary/aromatic N) is 3. The van der Waals surface area contributed by atoms with E-state index in [0.717, 1.165) is 4.68 Å². The van der Waals surface area contributed by atoms with E-state index in [0.29, 0.717) is 22.8 Å². The minimum Gasteiger partial charge on any atom is -0.497 e. The molecule has 0 saturated carbocycles. The molecule has 3 rings (SSSR count). The summed E-state index contributed by atoms with van der Waals surface area (Å²) >= 11 is 0. The lowest BCUT2D eigenvalue weighted by Gasteiger charge is -2.12. The number of nitrogens with one attached hydrogen (secondary N) is 1. The van der Waals surface area contributed by atoms with Gasteiger partial charge in [0.25, 0.3) is 11.2 Å². The van der Waals surface area contributed by atoms with E-state index in [9.17, 15) is 19.7 Å². The molecule has 154 valence electrons. The number of hydrogen-bond donors (Lipinski definition) is 1. The monoisotopic (exact) mass is 410 g/mol. The molecule has 0 fully saturated rings. The maximum absolute atomic E-state index is 12.3. The largest absolute Gasteiger partial charge is 0.497 e. The highest BCUT2D eigenvalue weighted by molar-refractivity contribution is 5.90. The van der Waals surface area contributed by atoms with Crippen LogP contribution in [0.25, 0.3) is 11.3 Å². The van der Waals surface area contributed by atoms with Gasteiger partial charge in [0.1, 0.15) is 18.0 Å². The van der Waals surface area contributed by atoms with Crippen molar-refractivity contribution in [1.29, 1.82) is 0 Å². The lowest BCUT2D eigenvalue weighted by Crippen LogP contribution is -2.29. The van der Waals surface area contributed by atoms with E-state index in [2.05, 4.69) is 10.4 Å². The van der Waals surface area contributed by atoms with Gasteiger partial charge in [-0.1, -0.05) is 6.07 Å². The highest BCUT2D eigenvalue weighted by Gasteiger charge is 2.13. The van der Waals surface area contributed by atoms with Crippen LogP contribution in [0.2, 0.25) is 0 Å². The number of carbonyl (C=O) groups is 1. The van der Waals surface area contributed by atoms with E-state index < -0.39 is 16.4 Å². The van der Waals surface area contributed by atoms with Crippen molar-refractivity contribution >= 4 is 17.3 Å². The second kappa shape index (κ2) is 8.86. The third-order valence-corrected chi connectivity index (χ3v) is 4.19. The van der Waals surface area contributed by atoms with Crippen LogP contribution in [0.1, 0.15) is 0 Å². The lowest BCUT2D eigenvalue weighted by atomic mass is 10.1. The number of methoxy groups -OCH3 is 2. The van der Waals surface area contributed by atoms with Gasteiger partial charge in [0.15, 0.2) is 0 Å². The van der Waals surface area contributed by atoms with Crippen molar-refractivity contribution in [3.63, 3.8) is 0 Å². The zero-order valence-electron chi connectivity index (χ0n) is 16.2. The first-order valence-electron chi connectivity index (χ1n) is 8.76. The van der Waals surface area contributed by atoms with Crippen LogP contribution in [0.5, 0.6) is 11.5 Å². The Hall–Kier alpha value is -4.21. The molecular formula is C20H18N4O6. The minimum absolute atomic E-state index is 0.156. The van der Waals surface area contributed by atoms with Crippen LogP contribution in [-0.2, 0) is 11.3 Å². The van der Waals surface area contributed by atoms with Crippen molar-refractivity contribution in [2.24, 2.45) is 0 Å². The molecule has 3 aromatic rings. The van der Waals surface area contributed by atoms with Crippen LogP contribution in [-0.4, -0.2) is 34.8 Å². The van der Waals surface area contributed by atoms with Crippen LogP contribution in [0, 0.1) is 10.1 Å². The molecule has 2 aromatic carbocycles. The Balaban J connectivity index is 1.84. The molecule has 0 aliphatic carbocycles. The van der Waals surface area contributed by atoms with Gasteiger partial charge in [0.05, 0.1) is 24.8 Å². The fraction of sp³-hybridized carbons (Fsp3) is 0.150. The normalized spacial score (nSPS) is 10.3. The number of rotatable bonds is 7. The molecule has 0 atom stereocenters. The van der Waals surface area contributed by atoms with Gasteiger partial charge >= 0.3 is 0 Å². The van der Waals surface area contributed by atoms with Crippen molar-refractivity contribution in [3.8, 4) is 22.8 Å². The first-order valence-corrected chi connectivity index (χ1v) is 8.76. The summed E-state index contributed by atoms with van der Waals surface area (Å²) in [5, 5.41) is 17.6. The highest BCUT2D eigenvalue weighted by Crippen LogP contribution is 2.31. The van der Waals surface area contributed by atoms with Crippen LogP contribution >= 0.6 is 0 Å². The lowest BCUT2D eigenvalue weighted by molar-refractivity contribution is -0.384. The number of ether oxygens (including phenoxy) is 2. The van der Waals surface area contributed by atoms with Crippen LogP contribution < -0.4 is 20.3 Å². The maximum Gasteiger partial charge on any atom is 0.271 e. The average molecular weight is 410 g/mol. The topological polar surface area (TPSA) is 126 Å². The second-order valence-electron chi connectivity index (χ2n) is 6.14. The van der Waals surface area contributed by atoms with Crippen LogP contribution in [0.4, 0.5) is 11.4 Å². The van der Waals surface area contributed by atoms with Crippen LogP contribution in [0.15, 0.2) is 59.4 Å². The van der Waals surface area contributed by atoms with Gasteiger partial charge < -0.3 is 14.8 Å². The van der Waals surface area contributed by atoms with Crippen molar-refractivity contribution < 1.29 is 19.2 Å². The first-order chi connectivity index (χ1) is 14.4. The van der Waals surface area contributed by atoms with Gasteiger partial charge in [-0.05, 0) is 24.3 Å². The summed E-state index contributed by atoms with van der Waals surface area (Å²) in [5.41, 5.74) is 0.663. The molecule has 1 aromatic heterocycles. The smallest absolute Gasteiger partial charge is 0.271 e. The molecule has 0 spiro atoms. The Kier molecular flexibility index (Phi) is 6.06. The number of nitro benzene ring substituents is 1. The third kappa shape index (κ3) is 4.61. The maximum atomic E-state index is 12.3. The predicted molar refractivity (Wildman–Crippen MR) is 109 cm³/mol. The molecule has 1 N–H and O–H groups in total. The standard InChI is InChI=1S/C20H18N4O6/c1-29-15-6-7-16(18(11-15)30-2)17-8-9-20(26)23(22-17)12-19(25)21-13-4-3-5-14(10-13)24(27)28/h3-11H,12H2,1-2H3,(H,21,25). The molecule has 0 aliphatic heterocycles. The van der Waals surface area contributed by atoms with E-state index in [1.165, 1.54) is 50.6 Å². The minimum atomic E-state index is -0.562. The fourth-order valence-corrected chi connectivity index (χ4v) is 2.75. The first kappa shape index (κ1) is 20.5. The Morgan fingerprint density at radius 3 is 2.63 bits per heavy atom. The molecule has 10 heteroatoms. The molecule has 0 radical (unpaired) electrons. The Labute approximate surface area is 170 Å². The molecule has 0 saturated heterocycles. The molecular weight excluding hydrogens is 392 g/mol. The van der Waals surface area contributed by atoms with E-state index in [-0.39, 0.29) is 17.9 Å². The molecule has 10 nitrogen and oxygen atoms in total. The summed E-state index contributed by atoms with van der Waals surface area (Å²) in [7, 11) is 3.04. The Morgan fingerprint density at radius 2 is 1.93 bits per heavy atom. The third-order valence-electron chi connectivity index (χ3n) is 4.19. The molecule has 30 heavy (non-hydrogen) atoms. The fourth-order valence-electron chi connectivity index (χ4n) is 2.75. The SMILES string of the molecule is COc1ccc(-c2ccc(=O)n(CC(=O)Nc3cccc([N+](=O)[O-])c3)n2)c(OC)c1. The number of anilines is 1. The van der Waals surface area contributed by atoms with Gasteiger partial charge in [-0.25, -0.2) is 4.68 Å². The van der Waals surface area contributed by atoms with E-state index >= 15 is 0 Å². The van der Waals surface area contributed by atoms with Gasteiger partial charge in [-0.3, -0.25) is 19.7 Å². The number of non-ortho nitro benzene ring substituents is 1. The summed E-state index contributed by atoms with van der Waals surface area (Å²) in [6.45, 7) is -0.367. The molecule has 0 bridgehead atoms. The highest BCUT2D eigenvalue weighted by atomic mass is 16.6. The molecule has 1 heterocycles. The summed E-state index contributed by atoms with van der Waals surface area (Å²) in [6, 6.07) is 13.5. The zero-order valence-corrected chi connectivity index (χ0v) is 16.2. The quantitative estimate of drug-likeness (QED) is 0.468. The molecule has 0 unspecified atom stereocenters. The van der Waals surface area contributed by atoms with Crippen molar-refractivity contribution in [2.45, 2.75) is 6.54 Å². The van der Waals surface area contributed by atoms with E-state index in [1.807, 2.05) is 0 Å². The second-order valence-corrected chi connectivity index (χ2v) is 6.14. The molecule has 1 amide bonds. The Morgan fingerprint density at radius 1 is 1.13 bits per heavy atom. The van der Waals surface area contributed by atoms with E-state index in [1.54, 1.807) is 18.2 Å². The average Bonchev–Trinajstić information content (AvgIpc) is 2.75. The Bertz CT molecular complexity index is 1160. The number of aromatic nitrogens is 2. The van der Waals surface area contributed by atoms with Gasteiger partial charge in [-0.2, -0.15) is 5.10 Å². The number of nitro groups is 1. The molecule has 0 aliphatic rings. The van der Waals surface area contributed by atoms with Crippen molar-refractivity contribution in [2.75, 3.05) is 19.5 Å². The summed E-state index contributed by atoms with van der Waals surface area (Å²) in [6.07, 6.45) is 0. The number of amides is 1. The summed E-state index contributed by atoms with van der Waals surface area (Å²) < 4.78 is 11.5. The predicted octanol–water partition coefficient (Wildman–Crippen LogP) is 2.47. The van der Waals surface area contributed by atoms with Crippen LogP contribution in [0.3, 0.4) is 0 Å². The van der Waals surface area contributed by atoms with Gasteiger partial charge in [0.2, 0.25) is 5.91 Å². The van der Waals surface area contributed by atoms with Gasteiger partial charge in [-0.15, -0.1) is 0 Å². The van der Waals surface area contributed by atoms with E-state index in [4.69, 9.17) is 9.47 Å². The summed E-state index contributed by atoms with van der Waals surface area (Å²) in [5.74, 6) is 0.539. The van der Waals surface area contributed by atoms with Crippen molar-refractivity contribution in [1.82, 2.24) is 9.78 Å². The number of hydrogen-bond acceptors (Lipinski definition) is 7. The van der Waals surface area contributed by atoms with Gasteiger partial charge in [0, 0.05) is 35.5 Å². The van der Waals surface area contributed by atoms with Crippen molar-refractivity contribution in [3.05, 3.63) is 75.1 Å². The summed E-state index contributed by atoms with van der Waals surface area (Å²) in [4.78, 5) is 34.8. The number of carbonyl (C=O) groups excluding carboxylic acids is 1. The zero-order chi connectivity index (χ0) is 21.7. The number of benzene rings is 2.